The number of H-pyrrole nitrogens is 1. The van der Waals surface area contributed by atoms with Gasteiger partial charge in [0.25, 0.3) is 5.91 Å². The minimum Gasteiger partial charge on any atom is -0.288 e. The first-order chi connectivity index (χ1) is 6.75. The topological polar surface area (TPSA) is 96.5 Å². The fourth-order valence-corrected chi connectivity index (χ4v) is 1.24. The van der Waals surface area contributed by atoms with Crippen molar-refractivity contribution >= 4 is 23.6 Å². The summed E-state index contributed by atoms with van der Waals surface area (Å²) in [7, 11) is 0. The maximum absolute atomic E-state index is 11.4. The maximum Gasteiger partial charge on any atom is 0.279 e. The summed E-state index contributed by atoms with van der Waals surface area (Å²) in [4.78, 5) is 15.3. The summed E-state index contributed by atoms with van der Waals surface area (Å²) in [6, 6.07) is 0. The Morgan fingerprint density at radius 2 is 2.50 bits per heavy atom. The van der Waals surface area contributed by atoms with Crippen LogP contribution in [0.15, 0.2) is 6.20 Å². The summed E-state index contributed by atoms with van der Waals surface area (Å²) in [5.74, 6) is 0.509. The average Bonchev–Trinajstić information content (AvgIpc) is 2.75. The number of hydrogen-bond donors (Lipinski definition) is 2. The number of nitrogens with one attached hydrogen (secondary N) is 2. The molecular formula is C6H6N6OS. The number of aromatic amines is 1. The second-order valence-electron chi connectivity index (χ2n) is 2.49. The van der Waals surface area contributed by atoms with Gasteiger partial charge in [-0.3, -0.25) is 15.2 Å². The van der Waals surface area contributed by atoms with Crippen molar-refractivity contribution < 1.29 is 4.79 Å². The van der Waals surface area contributed by atoms with Gasteiger partial charge in [-0.25, -0.2) is 0 Å². The van der Waals surface area contributed by atoms with E-state index in [1.807, 2.05) is 0 Å². The molecule has 2 heterocycles. The first-order valence-electron chi connectivity index (χ1n) is 3.73. The third-order valence-corrected chi connectivity index (χ3v) is 1.89. The molecule has 0 fully saturated rings. The van der Waals surface area contributed by atoms with Crippen molar-refractivity contribution in [1.29, 1.82) is 0 Å². The van der Waals surface area contributed by atoms with Gasteiger partial charge < -0.3 is 0 Å². The van der Waals surface area contributed by atoms with E-state index in [2.05, 4.69) is 29.2 Å². The summed E-state index contributed by atoms with van der Waals surface area (Å²) in [6.45, 7) is 1.74. The Morgan fingerprint density at radius 1 is 1.64 bits per heavy atom. The molecule has 0 atom stereocenters. The first kappa shape index (κ1) is 8.75. The number of aromatic nitrogens is 5. The van der Waals surface area contributed by atoms with Gasteiger partial charge in [0.05, 0.1) is 17.9 Å². The highest BCUT2D eigenvalue weighted by atomic mass is 32.1. The average molecular weight is 210 g/mol. The Bertz CT molecular complexity index is 435. The number of amides is 1. The van der Waals surface area contributed by atoms with Gasteiger partial charge >= 0.3 is 0 Å². The number of carbonyl (C=O) groups excluding carboxylic acids is 1. The Hall–Kier alpha value is -1.83. The molecule has 2 aromatic heterocycles. The van der Waals surface area contributed by atoms with Gasteiger partial charge in [0.1, 0.15) is 5.82 Å². The second kappa shape index (κ2) is 3.50. The van der Waals surface area contributed by atoms with Crippen molar-refractivity contribution in [2.24, 2.45) is 0 Å². The minimum atomic E-state index is -0.363. The number of aryl methyl sites for hydroxylation is 1. The fourth-order valence-electron chi connectivity index (χ4n) is 0.829. The van der Waals surface area contributed by atoms with Crippen molar-refractivity contribution in [3.8, 4) is 0 Å². The van der Waals surface area contributed by atoms with Crippen LogP contribution in [-0.2, 0) is 0 Å². The van der Waals surface area contributed by atoms with Crippen LogP contribution in [0.25, 0.3) is 0 Å². The van der Waals surface area contributed by atoms with Gasteiger partial charge in [0.15, 0.2) is 5.69 Å². The number of nitrogens with zero attached hydrogens (tertiary/aromatic N) is 4. The highest BCUT2D eigenvalue weighted by Gasteiger charge is 2.10. The zero-order valence-electron chi connectivity index (χ0n) is 7.18. The molecule has 0 aromatic carbocycles. The molecule has 1 amide bonds. The fraction of sp³-hybridized carbons (Fsp3) is 0.167. The number of hydrogen-bond acceptors (Lipinski definition) is 6. The van der Waals surface area contributed by atoms with Crippen LogP contribution in [-0.4, -0.2) is 29.8 Å². The number of carbonyl (C=O) groups is 1. The summed E-state index contributed by atoms with van der Waals surface area (Å²) >= 11 is 0.974. The Kier molecular flexibility index (Phi) is 2.19. The molecule has 0 aliphatic heterocycles. The molecule has 0 unspecified atom stereocenters. The highest BCUT2D eigenvalue weighted by Crippen LogP contribution is 2.01. The van der Waals surface area contributed by atoms with Crippen molar-refractivity contribution in [3.05, 3.63) is 17.7 Å². The van der Waals surface area contributed by atoms with Crippen LogP contribution >= 0.6 is 11.7 Å². The van der Waals surface area contributed by atoms with Crippen LogP contribution in [0.2, 0.25) is 0 Å². The molecule has 2 N–H and O–H groups in total. The van der Waals surface area contributed by atoms with Crippen LogP contribution in [0.4, 0.5) is 5.95 Å². The molecule has 14 heavy (non-hydrogen) atoms. The van der Waals surface area contributed by atoms with E-state index in [1.54, 1.807) is 6.92 Å². The van der Waals surface area contributed by atoms with Crippen LogP contribution in [0, 0.1) is 6.92 Å². The van der Waals surface area contributed by atoms with Crippen molar-refractivity contribution in [1.82, 2.24) is 23.9 Å². The largest absolute Gasteiger partial charge is 0.288 e. The molecule has 2 aromatic rings. The van der Waals surface area contributed by atoms with E-state index in [4.69, 9.17) is 0 Å². The van der Waals surface area contributed by atoms with Gasteiger partial charge in [-0.15, -0.1) is 5.10 Å². The first-order valence-corrected chi connectivity index (χ1v) is 4.46. The quantitative estimate of drug-likeness (QED) is 0.738. The molecule has 8 heteroatoms. The van der Waals surface area contributed by atoms with Gasteiger partial charge in [-0.05, 0) is 6.92 Å². The molecule has 0 spiro atoms. The van der Waals surface area contributed by atoms with E-state index in [-0.39, 0.29) is 17.5 Å². The smallest absolute Gasteiger partial charge is 0.279 e. The molecule has 7 nitrogen and oxygen atoms in total. The van der Waals surface area contributed by atoms with Gasteiger partial charge in [0, 0.05) is 0 Å². The van der Waals surface area contributed by atoms with Crippen LogP contribution in [0.3, 0.4) is 0 Å². The summed E-state index contributed by atoms with van der Waals surface area (Å²) in [6.07, 6.45) is 1.39. The van der Waals surface area contributed by atoms with E-state index < -0.39 is 0 Å². The van der Waals surface area contributed by atoms with Crippen molar-refractivity contribution in [3.63, 3.8) is 0 Å². The Morgan fingerprint density at radius 3 is 3.07 bits per heavy atom. The molecule has 72 valence electrons. The molecule has 2 rings (SSSR count). The third kappa shape index (κ3) is 1.74. The SMILES string of the molecule is Cc1nc(NC(=O)c2cnsn2)n[nH]1. The summed E-state index contributed by atoms with van der Waals surface area (Å²) in [5.41, 5.74) is 0.262. The Labute approximate surface area is 82.9 Å². The lowest BCUT2D eigenvalue weighted by Gasteiger charge is -1.94. The monoisotopic (exact) mass is 210 g/mol. The summed E-state index contributed by atoms with van der Waals surface area (Å²) < 4.78 is 7.48. The zero-order valence-corrected chi connectivity index (χ0v) is 8.00. The molecule has 0 aliphatic rings. The molecule has 0 aliphatic carbocycles. The lowest BCUT2D eigenvalue weighted by Crippen LogP contribution is -2.13. The van der Waals surface area contributed by atoms with Gasteiger partial charge in [0.2, 0.25) is 5.95 Å². The van der Waals surface area contributed by atoms with E-state index in [0.717, 1.165) is 11.7 Å². The van der Waals surface area contributed by atoms with Crippen LogP contribution in [0.5, 0.6) is 0 Å². The Balaban J connectivity index is 2.09. The van der Waals surface area contributed by atoms with Crippen LogP contribution in [0.1, 0.15) is 16.3 Å². The minimum absolute atomic E-state index is 0.237. The lowest BCUT2D eigenvalue weighted by atomic mass is 10.4. The highest BCUT2D eigenvalue weighted by molar-refractivity contribution is 6.99. The maximum atomic E-state index is 11.4. The van der Waals surface area contributed by atoms with E-state index in [1.165, 1.54) is 6.20 Å². The van der Waals surface area contributed by atoms with Crippen molar-refractivity contribution in [2.45, 2.75) is 6.92 Å². The predicted octanol–water partition coefficient (Wildman–Crippen LogP) is 0.217. The summed E-state index contributed by atoms with van der Waals surface area (Å²) in [5, 5.41) is 8.84. The van der Waals surface area contributed by atoms with E-state index in [9.17, 15) is 4.79 Å². The van der Waals surface area contributed by atoms with Crippen LogP contribution < -0.4 is 5.32 Å². The number of rotatable bonds is 2. The van der Waals surface area contributed by atoms with Gasteiger partial charge in [-0.1, -0.05) is 0 Å². The second-order valence-corrected chi connectivity index (χ2v) is 3.05. The standard InChI is InChI=1S/C6H6N6OS/c1-3-8-6(11-10-3)9-5(13)4-2-7-14-12-4/h2H,1H3,(H2,8,9,10,11,13). The predicted molar refractivity (Wildman–Crippen MR) is 49.0 cm³/mol. The molecule has 0 saturated carbocycles. The lowest BCUT2D eigenvalue weighted by molar-refractivity contribution is 0.102. The normalized spacial score (nSPS) is 10.1. The van der Waals surface area contributed by atoms with Gasteiger partial charge in [-0.2, -0.15) is 13.7 Å². The molecular weight excluding hydrogens is 204 g/mol. The van der Waals surface area contributed by atoms with E-state index >= 15 is 0 Å². The van der Waals surface area contributed by atoms with Crippen molar-refractivity contribution in [2.75, 3.05) is 5.32 Å². The van der Waals surface area contributed by atoms with E-state index in [0.29, 0.717) is 5.82 Å². The molecule has 0 bridgehead atoms. The molecule has 0 saturated heterocycles. The zero-order chi connectivity index (χ0) is 9.97. The number of anilines is 1. The third-order valence-electron chi connectivity index (χ3n) is 1.42. The molecule has 0 radical (unpaired) electrons.